The van der Waals surface area contributed by atoms with Crippen molar-refractivity contribution in [3.05, 3.63) is 50.6 Å². The van der Waals surface area contributed by atoms with Crippen molar-refractivity contribution in [2.24, 2.45) is 0 Å². The molecule has 0 radical (unpaired) electrons. The van der Waals surface area contributed by atoms with Crippen molar-refractivity contribution in [2.75, 3.05) is 0 Å². The number of hydrogen-bond acceptors (Lipinski definition) is 4. The van der Waals surface area contributed by atoms with E-state index < -0.39 is 0 Å². The van der Waals surface area contributed by atoms with Gasteiger partial charge in [0.05, 0.1) is 21.3 Å². The number of thiocarbonyl (C=S) groups is 1. The number of thioether (sulfide) groups is 1. The predicted octanol–water partition coefficient (Wildman–Crippen LogP) is 3.98. The molecule has 112 valence electrons. The number of halogens is 2. The topological polar surface area (TPSA) is 46.9 Å². The molecule has 2 heterocycles. The highest BCUT2D eigenvalue weighted by atomic mass is 35.5. The zero-order valence-electron chi connectivity index (χ0n) is 11.3. The molecule has 0 aliphatic carbocycles. The quantitative estimate of drug-likeness (QED) is 0.642. The Kier molecular flexibility index (Phi) is 4.27. The highest BCUT2D eigenvalue weighted by molar-refractivity contribution is 8.26. The number of amides is 1. The third-order valence-corrected chi connectivity index (χ3v) is 4.89. The van der Waals surface area contributed by atoms with Crippen LogP contribution in [0, 0.1) is 6.92 Å². The first-order valence-corrected chi connectivity index (χ1v) is 8.20. The molecule has 1 amide bonds. The lowest BCUT2D eigenvalue weighted by Crippen LogP contribution is -2.17. The molecule has 0 unspecified atom stereocenters. The van der Waals surface area contributed by atoms with Crippen molar-refractivity contribution in [1.29, 1.82) is 0 Å². The molecule has 0 spiro atoms. The standard InChI is InChI=1S/C14H9Cl2N3OS2/c1-7-8(6-11-13(20)17-14(21)22-11)12(16)19(18-7)10-5-3-2-4-9(10)15/h2-6H,1H3,(H,17,20,21). The van der Waals surface area contributed by atoms with E-state index in [9.17, 15) is 4.79 Å². The molecule has 0 bridgehead atoms. The van der Waals surface area contributed by atoms with Gasteiger partial charge in [-0.3, -0.25) is 4.79 Å². The highest BCUT2D eigenvalue weighted by Gasteiger charge is 2.24. The van der Waals surface area contributed by atoms with E-state index in [1.165, 1.54) is 11.8 Å². The summed E-state index contributed by atoms with van der Waals surface area (Å²) in [5.74, 6) is -0.226. The molecule has 22 heavy (non-hydrogen) atoms. The van der Waals surface area contributed by atoms with Gasteiger partial charge in [-0.15, -0.1) is 0 Å². The second-order valence-electron chi connectivity index (χ2n) is 4.51. The first kappa shape index (κ1) is 15.6. The van der Waals surface area contributed by atoms with Gasteiger partial charge in [0.2, 0.25) is 0 Å². The smallest absolute Gasteiger partial charge is 0.263 e. The van der Waals surface area contributed by atoms with E-state index in [0.717, 1.165) is 0 Å². The molecule has 1 aliphatic heterocycles. The molecule has 1 fully saturated rings. The summed E-state index contributed by atoms with van der Waals surface area (Å²) in [6.45, 7) is 1.82. The Morgan fingerprint density at radius 2 is 2.09 bits per heavy atom. The summed E-state index contributed by atoms with van der Waals surface area (Å²) in [7, 11) is 0. The lowest BCUT2D eigenvalue weighted by molar-refractivity contribution is -0.115. The average Bonchev–Trinajstić information content (AvgIpc) is 2.93. The SMILES string of the molecule is Cc1nn(-c2ccccc2Cl)c(Cl)c1C=C1SC(=S)NC1=O. The minimum absolute atomic E-state index is 0.226. The molecule has 1 aromatic heterocycles. The van der Waals surface area contributed by atoms with Crippen molar-refractivity contribution >= 4 is 63.5 Å². The third-order valence-electron chi connectivity index (χ3n) is 3.05. The Balaban J connectivity index is 2.09. The van der Waals surface area contributed by atoms with Crippen molar-refractivity contribution in [3.63, 3.8) is 0 Å². The molecule has 1 saturated heterocycles. The van der Waals surface area contributed by atoms with E-state index in [-0.39, 0.29) is 5.91 Å². The van der Waals surface area contributed by atoms with Gasteiger partial charge in [-0.25, -0.2) is 4.68 Å². The number of nitrogens with zero attached hydrogens (tertiary/aromatic N) is 2. The fraction of sp³-hybridized carbons (Fsp3) is 0.0714. The molecular weight excluding hydrogens is 361 g/mol. The summed E-state index contributed by atoms with van der Waals surface area (Å²) in [6, 6.07) is 7.27. The number of para-hydroxylation sites is 1. The second-order valence-corrected chi connectivity index (χ2v) is 6.99. The van der Waals surface area contributed by atoms with E-state index >= 15 is 0 Å². The van der Waals surface area contributed by atoms with Crippen molar-refractivity contribution < 1.29 is 4.79 Å². The van der Waals surface area contributed by atoms with Crippen molar-refractivity contribution in [3.8, 4) is 5.69 Å². The molecule has 0 atom stereocenters. The van der Waals surface area contributed by atoms with Crippen LogP contribution in [0.4, 0.5) is 0 Å². The van der Waals surface area contributed by atoms with E-state index in [0.29, 0.717) is 36.3 Å². The summed E-state index contributed by atoms with van der Waals surface area (Å²) < 4.78 is 1.99. The van der Waals surface area contributed by atoms with Gasteiger partial charge in [0, 0.05) is 5.56 Å². The summed E-state index contributed by atoms with van der Waals surface area (Å²) in [4.78, 5) is 12.3. The molecule has 8 heteroatoms. The van der Waals surface area contributed by atoms with Gasteiger partial charge < -0.3 is 5.32 Å². The van der Waals surface area contributed by atoms with Crippen LogP contribution in [0.1, 0.15) is 11.3 Å². The van der Waals surface area contributed by atoms with Gasteiger partial charge in [0.1, 0.15) is 9.47 Å². The van der Waals surface area contributed by atoms with E-state index in [1.54, 1.807) is 16.8 Å². The van der Waals surface area contributed by atoms with Gasteiger partial charge in [-0.2, -0.15) is 5.10 Å². The van der Waals surface area contributed by atoms with Gasteiger partial charge in [0.15, 0.2) is 0 Å². The van der Waals surface area contributed by atoms with Crippen LogP contribution >= 0.6 is 47.2 Å². The Hall–Kier alpha value is -1.34. The molecule has 0 saturated carbocycles. The van der Waals surface area contributed by atoms with Gasteiger partial charge in [-0.05, 0) is 25.1 Å². The predicted molar refractivity (Wildman–Crippen MR) is 94.6 cm³/mol. The highest BCUT2D eigenvalue weighted by Crippen LogP contribution is 2.32. The van der Waals surface area contributed by atoms with Crippen LogP contribution in [0.3, 0.4) is 0 Å². The largest absolute Gasteiger partial charge is 0.307 e. The minimum Gasteiger partial charge on any atom is -0.307 e. The second kappa shape index (κ2) is 6.04. The lowest BCUT2D eigenvalue weighted by atomic mass is 10.2. The number of hydrogen-bond donors (Lipinski definition) is 1. The first-order chi connectivity index (χ1) is 10.5. The van der Waals surface area contributed by atoms with Crippen molar-refractivity contribution in [1.82, 2.24) is 15.1 Å². The van der Waals surface area contributed by atoms with Gasteiger partial charge in [-0.1, -0.05) is 59.3 Å². The third kappa shape index (κ3) is 2.79. The Bertz CT molecular complexity index is 829. The van der Waals surface area contributed by atoms with Crippen LogP contribution < -0.4 is 5.32 Å². The Morgan fingerprint density at radius 3 is 2.73 bits per heavy atom. The maximum Gasteiger partial charge on any atom is 0.263 e. The van der Waals surface area contributed by atoms with Crippen molar-refractivity contribution in [2.45, 2.75) is 6.92 Å². The fourth-order valence-electron chi connectivity index (χ4n) is 2.01. The van der Waals surface area contributed by atoms with Crippen LogP contribution in [0.15, 0.2) is 29.2 Å². The monoisotopic (exact) mass is 369 g/mol. The van der Waals surface area contributed by atoms with Gasteiger partial charge >= 0.3 is 0 Å². The van der Waals surface area contributed by atoms with Crippen LogP contribution in [0.25, 0.3) is 11.8 Å². The summed E-state index contributed by atoms with van der Waals surface area (Å²) in [5.41, 5.74) is 2.05. The molecule has 1 aliphatic rings. The first-order valence-electron chi connectivity index (χ1n) is 6.22. The molecule has 1 aromatic carbocycles. The van der Waals surface area contributed by atoms with E-state index in [2.05, 4.69) is 10.4 Å². The van der Waals surface area contributed by atoms with Gasteiger partial charge in [0.25, 0.3) is 5.91 Å². The van der Waals surface area contributed by atoms with E-state index in [1.807, 2.05) is 25.1 Å². The van der Waals surface area contributed by atoms with E-state index in [4.69, 9.17) is 35.4 Å². The summed E-state index contributed by atoms with van der Waals surface area (Å²) >= 11 is 18.8. The maximum atomic E-state index is 11.8. The van der Waals surface area contributed by atoms with Crippen LogP contribution in [-0.2, 0) is 4.79 Å². The normalized spacial score (nSPS) is 16.4. The van der Waals surface area contributed by atoms with Crippen LogP contribution in [0.2, 0.25) is 10.2 Å². The fourth-order valence-corrected chi connectivity index (χ4v) is 3.57. The molecule has 2 aromatic rings. The molecule has 1 N–H and O–H groups in total. The van der Waals surface area contributed by atoms with Crippen LogP contribution in [-0.4, -0.2) is 20.0 Å². The number of nitrogens with one attached hydrogen (secondary N) is 1. The lowest BCUT2D eigenvalue weighted by Gasteiger charge is -2.05. The Labute approximate surface area is 146 Å². The number of aromatic nitrogens is 2. The summed E-state index contributed by atoms with van der Waals surface area (Å²) in [6.07, 6.45) is 1.69. The average molecular weight is 370 g/mol. The summed E-state index contributed by atoms with van der Waals surface area (Å²) in [5, 5.41) is 7.91. The molecule has 3 rings (SSSR count). The molecular formula is C14H9Cl2N3OS2. The Morgan fingerprint density at radius 1 is 1.36 bits per heavy atom. The number of rotatable bonds is 2. The number of carbonyl (C=O) groups excluding carboxylic acids is 1. The maximum absolute atomic E-state index is 11.8. The number of carbonyl (C=O) groups is 1. The zero-order valence-corrected chi connectivity index (χ0v) is 14.4. The minimum atomic E-state index is -0.226. The number of benzene rings is 1. The van der Waals surface area contributed by atoms with Crippen LogP contribution in [0.5, 0.6) is 0 Å². The zero-order chi connectivity index (χ0) is 15.9. The number of aryl methyl sites for hydroxylation is 1. The molecule has 4 nitrogen and oxygen atoms in total.